The molecule has 0 radical (unpaired) electrons. The highest BCUT2D eigenvalue weighted by Crippen LogP contribution is 2.39. The molecule has 0 saturated heterocycles. The van der Waals surface area contributed by atoms with Crippen molar-refractivity contribution in [2.24, 2.45) is 0 Å². The summed E-state index contributed by atoms with van der Waals surface area (Å²) >= 11 is 5.33. The van der Waals surface area contributed by atoms with Crippen LogP contribution in [0.1, 0.15) is 38.4 Å². The van der Waals surface area contributed by atoms with Crippen molar-refractivity contribution in [2.75, 3.05) is 11.9 Å². The number of H-pyrrole nitrogens is 1. The van der Waals surface area contributed by atoms with Gasteiger partial charge in [-0.3, -0.25) is 4.57 Å². The Hall–Kier alpha value is -1.43. The van der Waals surface area contributed by atoms with Crippen LogP contribution < -0.4 is 5.32 Å². The van der Waals surface area contributed by atoms with Crippen molar-refractivity contribution in [3.05, 3.63) is 10.6 Å². The Morgan fingerprint density at radius 1 is 1.39 bits per heavy atom. The maximum atomic E-state index is 5.33. The van der Waals surface area contributed by atoms with E-state index in [1.54, 1.807) is 0 Å². The van der Waals surface area contributed by atoms with Crippen LogP contribution in [0, 0.1) is 4.77 Å². The molecule has 2 heterocycles. The van der Waals surface area contributed by atoms with Gasteiger partial charge in [0.05, 0.1) is 0 Å². The number of hydrogen-bond acceptors (Lipinski definition) is 4. The van der Waals surface area contributed by atoms with Gasteiger partial charge in [0.2, 0.25) is 4.77 Å². The molecule has 2 aromatic rings. The number of imidazole rings is 1. The molecule has 0 atom stereocenters. The Labute approximate surface area is 111 Å². The third-order valence-electron chi connectivity index (χ3n) is 3.26. The lowest BCUT2D eigenvalue weighted by molar-refractivity contribution is 0.745. The summed E-state index contributed by atoms with van der Waals surface area (Å²) in [5.41, 5.74) is 1.91. The molecule has 2 aromatic heterocycles. The second-order valence-corrected chi connectivity index (χ2v) is 4.98. The number of aromatic nitrogens is 4. The van der Waals surface area contributed by atoms with Gasteiger partial charge in [-0.15, -0.1) is 0 Å². The molecule has 0 aliphatic heterocycles. The topological polar surface area (TPSA) is 58.5 Å². The second kappa shape index (κ2) is 4.35. The van der Waals surface area contributed by atoms with Gasteiger partial charge >= 0.3 is 0 Å². The van der Waals surface area contributed by atoms with Crippen molar-refractivity contribution in [3.63, 3.8) is 0 Å². The summed E-state index contributed by atoms with van der Waals surface area (Å²) < 4.78 is 2.57. The number of anilines is 1. The number of nitrogens with one attached hydrogen (secondary N) is 2. The van der Waals surface area contributed by atoms with Gasteiger partial charge in [0, 0.05) is 19.0 Å². The summed E-state index contributed by atoms with van der Waals surface area (Å²) in [6.45, 7) is 5.74. The fraction of sp³-hybridized carbons (Fsp3) is 0.583. The minimum Gasteiger partial charge on any atom is -0.368 e. The maximum absolute atomic E-state index is 5.33. The van der Waals surface area contributed by atoms with Crippen molar-refractivity contribution in [1.29, 1.82) is 0 Å². The average molecular weight is 263 g/mol. The Bertz CT molecular complexity index is 638. The molecular formula is C12H17N5S. The van der Waals surface area contributed by atoms with E-state index in [9.17, 15) is 0 Å². The van der Waals surface area contributed by atoms with E-state index in [4.69, 9.17) is 17.2 Å². The Morgan fingerprint density at radius 2 is 2.17 bits per heavy atom. The maximum Gasteiger partial charge on any atom is 0.203 e. The van der Waals surface area contributed by atoms with E-state index in [1.807, 2.05) is 4.57 Å². The summed E-state index contributed by atoms with van der Waals surface area (Å²) in [6, 6.07) is 0. The van der Waals surface area contributed by atoms with E-state index in [-0.39, 0.29) is 0 Å². The normalized spacial score (nSPS) is 15.2. The van der Waals surface area contributed by atoms with E-state index in [2.05, 4.69) is 29.1 Å². The van der Waals surface area contributed by atoms with Crippen LogP contribution in [-0.2, 0) is 6.54 Å². The Morgan fingerprint density at radius 3 is 2.78 bits per heavy atom. The van der Waals surface area contributed by atoms with Gasteiger partial charge in [-0.25, -0.2) is 9.97 Å². The zero-order valence-electron chi connectivity index (χ0n) is 10.7. The lowest BCUT2D eigenvalue weighted by atomic mass is 10.4. The molecule has 1 saturated carbocycles. The van der Waals surface area contributed by atoms with Gasteiger partial charge in [0.1, 0.15) is 11.3 Å². The first-order valence-electron chi connectivity index (χ1n) is 6.48. The minimum atomic E-state index is 0.592. The van der Waals surface area contributed by atoms with Gasteiger partial charge < -0.3 is 10.3 Å². The largest absolute Gasteiger partial charge is 0.368 e. The molecule has 5 nitrogen and oxygen atoms in total. The molecule has 6 heteroatoms. The zero-order chi connectivity index (χ0) is 12.7. The van der Waals surface area contributed by atoms with Gasteiger partial charge in [-0.1, -0.05) is 0 Å². The Balaban J connectivity index is 2.25. The predicted octanol–water partition coefficient (Wildman–Crippen LogP) is 2.82. The van der Waals surface area contributed by atoms with Crippen molar-refractivity contribution in [3.8, 4) is 0 Å². The van der Waals surface area contributed by atoms with E-state index in [0.717, 1.165) is 35.9 Å². The van der Waals surface area contributed by atoms with Gasteiger partial charge in [0.15, 0.2) is 11.5 Å². The molecule has 0 aromatic carbocycles. The molecule has 0 unspecified atom stereocenters. The molecular weight excluding hydrogens is 246 g/mol. The van der Waals surface area contributed by atoms with Gasteiger partial charge in [-0.05, 0) is 38.9 Å². The monoisotopic (exact) mass is 263 g/mol. The zero-order valence-corrected chi connectivity index (χ0v) is 11.5. The van der Waals surface area contributed by atoms with Crippen molar-refractivity contribution < 1.29 is 0 Å². The van der Waals surface area contributed by atoms with Gasteiger partial charge in [-0.2, -0.15) is 0 Å². The standard InChI is InChI=1S/C12H17N5S/c1-3-13-10-8-11(17(4-2)12(18)16-10)15-9(14-8)7-5-6-7/h7H,3-6H2,1-2H3,(H,14,15)(H,13,16,18). The van der Waals surface area contributed by atoms with Crippen LogP contribution in [-0.4, -0.2) is 26.1 Å². The quantitative estimate of drug-likeness (QED) is 0.833. The highest BCUT2D eigenvalue weighted by Gasteiger charge is 2.28. The Kier molecular flexibility index (Phi) is 2.81. The van der Waals surface area contributed by atoms with Crippen LogP contribution in [0.3, 0.4) is 0 Å². The third-order valence-corrected chi connectivity index (χ3v) is 3.57. The molecule has 0 bridgehead atoms. The van der Waals surface area contributed by atoms with Crippen LogP contribution in [0.5, 0.6) is 0 Å². The summed E-state index contributed by atoms with van der Waals surface area (Å²) in [6.07, 6.45) is 2.47. The summed E-state index contributed by atoms with van der Waals surface area (Å²) in [5, 5.41) is 3.25. The summed E-state index contributed by atoms with van der Waals surface area (Å²) in [7, 11) is 0. The van der Waals surface area contributed by atoms with Crippen LogP contribution in [0.15, 0.2) is 0 Å². The van der Waals surface area contributed by atoms with Crippen molar-refractivity contribution in [1.82, 2.24) is 19.5 Å². The molecule has 0 amide bonds. The molecule has 0 spiro atoms. The molecule has 18 heavy (non-hydrogen) atoms. The smallest absolute Gasteiger partial charge is 0.203 e. The molecule has 3 rings (SSSR count). The fourth-order valence-corrected chi connectivity index (χ4v) is 2.48. The first-order valence-corrected chi connectivity index (χ1v) is 6.89. The number of rotatable bonds is 4. The van der Waals surface area contributed by atoms with E-state index in [0.29, 0.717) is 10.7 Å². The highest BCUT2D eigenvalue weighted by molar-refractivity contribution is 7.71. The van der Waals surface area contributed by atoms with Gasteiger partial charge in [0.25, 0.3) is 0 Å². The minimum absolute atomic E-state index is 0.592. The summed E-state index contributed by atoms with van der Waals surface area (Å²) in [5.74, 6) is 2.50. The molecule has 2 N–H and O–H groups in total. The van der Waals surface area contributed by atoms with E-state index < -0.39 is 0 Å². The average Bonchev–Trinajstić information content (AvgIpc) is 3.10. The molecule has 96 valence electrons. The second-order valence-electron chi connectivity index (χ2n) is 4.61. The van der Waals surface area contributed by atoms with E-state index >= 15 is 0 Å². The molecule has 1 fully saturated rings. The number of fused-ring (bicyclic) bond motifs is 1. The van der Waals surface area contributed by atoms with E-state index in [1.165, 1.54) is 12.8 Å². The van der Waals surface area contributed by atoms with Crippen LogP contribution in [0.4, 0.5) is 5.82 Å². The number of hydrogen-bond donors (Lipinski definition) is 2. The third kappa shape index (κ3) is 1.80. The summed E-state index contributed by atoms with van der Waals surface area (Å²) in [4.78, 5) is 12.6. The number of nitrogens with zero attached hydrogens (tertiary/aromatic N) is 3. The van der Waals surface area contributed by atoms with Crippen LogP contribution in [0.25, 0.3) is 11.2 Å². The van der Waals surface area contributed by atoms with Crippen molar-refractivity contribution in [2.45, 2.75) is 39.2 Å². The lowest BCUT2D eigenvalue weighted by Gasteiger charge is -2.08. The number of aromatic amines is 1. The van der Waals surface area contributed by atoms with Crippen LogP contribution in [0.2, 0.25) is 0 Å². The predicted molar refractivity (Wildman–Crippen MR) is 74.5 cm³/mol. The van der Waals surface area contributed by atoms with Crippen molar-refractivity contribution >= 4 is 29.2 Å². The van der Waals surface area contributed by atoms with Crippen LogP contribution >= 0.6 is 12.2 Å². The SMILES string of the molecule is CCNc1nc(=S)n(CC)c2nc(C3CC3)[nH]c12. The number of aryl methyl sites for hydroxylation is 1. The fourth-order valence-electron chi connectivity index (χ4n) is 2.18. The highest BCUT2D eigenvalue weighted by atomic mass is 32.1. The molecule has 1 aliphatic carbocycles. The lowest BCUT2D eigenvalue weighted by Crippen LogP contribution is -2.07. The molecule has 1 aliphatic rings. The first kappa shape index (κ1) is 11.6. The first-order chi connectivity index (χ1) is 8.74.